The maximum atomic E-state index is 11.2. The summed E-state index contributed by atoms with van der Waals surface area (Å²) in [7, 11) is 0. The lowest BCUT2D eigenvalue weighted by molar-refractivity contribution is -0.116. The molecule has 0 amide bonds. The van der Waals surface area contributed by atoms with Crippen molar-refractivity contribution < 1.29 is 9.53 Å². The van der Waals surface area contributed by atoms with Crippen LogP contribution in [0.5, 0.6) is 5.75 Å². The van der Waals surface area contributed by atoms with Gasteiger partial charge in [0, 0.05) is 6.42 Å². The lowest BCUT2D eigenvalue weighted by atomic mass is 10.0. The smallest absolute Gasteiger partial charge is 0.130 e. The van der Waals surface area contributed by atoms with E-state index in [1.165, 1.54) is 29.5 Å². The fourth-order valence-corrected chi connectivity index (χ4v) is 3.61. The molecule has 0 atom stereocenters. The van der Waals surface area contributed by atoms with Crippen molar-refractivity contribution >= 4 is 5.78 Å². The summed E-state index contributed by atoms with van der Waals surface area (Å²) in [6, 6.07) is 17.0. The van der Waals surface area contributed by atoms with Crippen LogP contribution in [0.15, 0.2) is 59.7 Å². The van der Waals surface area contributed by atoms with Crippen LogP contribution in [0, 0.1) is 6.92 Å². The minimum atomic E-state index is 0.238. The summed E-state index contributed by atoms with van der Waals surface area (Å²) in [5.41, 5.74) is 6.75. The van der Waals surface area contributed by atoms with Gasteiger partial charge in [0.25, 0.3) is 0 Å². The summed E-state index contributed by atoms with van der Waals surface area (Å²) < 4.78 is 6.14. The van der Waals surface area contributed by atoms with Gasteiger partial charge in [-0.05, 0) is 74.3 Å². The Bertz CT molecular complexity index is 787. The third-order valence-electron chi connectivity index (χ3n) is 5.12. The van der Waals surface area contributed by atoms with Gasteiger partial charge in [-0.2, -0.15) is 0 Å². The van der Waals surface area contributed by atoms with Gasteiger partial charge in [-0.1, -0.05) is 48.0 Å². The van der Waals surface area contributed by atoms with E-state index in [4.69, 9.17) is 4.74 Å². The largest absolute Gasteiger partial charge is 0.489 e. The zero-order valence-corrected chi connectivity index (χ0v) is 15.9. The molecule has 0 radical (unpaired) electrons. The van der Waals surface area contributed by atoms with Crippen LogP contribution in [-0.4, -0.2) is 12.4 Å². The fraction of sp³-hybridized carbons (Fsp3) is 0.375. The number of Topliss-reactive ketones (excluding diaryl/α,β-unsaturated/α-hetero) is 1. The molecule has 2 heteroatoms. The Hall–Kier alpha value is -2.35. The van der Waals surface area contributed by atoms with E-state index >= 15 is 0 Å². The first-order valence-electron chi connectivity index (χ1n) is 9.57. The van der Waals surface area contributed by atoms with Gasteiger partial charge in [0.1, 0.15) is 18.1 Å². The summed E-state index contributed by atoms with van der Waals surface area (Å²) in [5, 5.41) is 0. The van der Waals surface area contributed by atoms with Crippen LogP contribution in [0.4, 0.5) is 0 Å². The molecule has 0 saturated heterocycles. The quantitative estimate of drug-likeness (QED) is 0.579. The van der Waals surface area contributed by atoms with E-state index in [0.29, 0.717) is 13.0 Å². The maximum Gasteiger partial charge on any atom is 0.130 e. The van der Waals surface area contributed by atoms with Crippen molar-refractivity contribution in [2.75, 3.05) is 6.61 Å². The molecular weight excluding hydrogens is 320 g/mol. The van der Waals surface area contributed by atoms with E-state index in [2.05, 4.69) is 55.5 Å². The Morgan fingerprint density at radius 1 is 1.00 bits per heavy atom. The van der Waals surface area contributed by atoms with Gasteiger partial charge in [-0.3, -0.25) is 0 Å². The second kappa shape index (κ2) is 8.84. The predicted molar refractivity (Wildman–Crippen MR) is 107 cm³/mol. The molecule has 0 spiro atoms. The van der Waals surface area contributed by atoms with E-state index in [1.807, 2.05) is 0 Å². The van der Waals surface area contributed by atoms with Gasteiger partial charge in [0.2, 0.25) is 0 Å². The molecule has 0 fully saturated rings. The Balaban J connectivity index is 1.62. The lowest BCUT2D eigenvalue weighted by Gasteiger charge is -2.13. The number of aryl methyl sites for hydroxylation is 2. The number of allylic oxidation sites excluding steroid dienone is 1. The minimum absolute atomic E-state index is 0.238. The summed E-state index contributed by atoms with van der Waals surface area (Å²) in [5.74, 6) is 1.19. The van der Waals surface area contributed by atoms with E-state index < -0.39 is 0 Å². The van der Waals surface area contributed by atoms with Crippen molar-refractivity contribution in [3.63, 3.8) is 0 Å². The van der Waals surface area contributed by atoms with Crippen LogP contribution in [0.25, 0.3) is 0 Å². The van der Waals surface area contributed by atoms with Crippen molar-refractivity contribution in [3.8, 4) is 5.75 Å². The van der Waals surface area contributed by atoms with E-state index in [-0.39, 0.29) is 5.78 Å². The first-order chi connectivity index (χ1) is 12.6. The van der Waals surface area contributed by atoms with Gasteiger partial charge in [-0.15, -0.1) is 0 Å². The molecule has 0 saturated carbocycles. The van der Waals surface area contributed by atoms with Crippen LogP contribution in [0.1, 0.15) is 49.3 Å². The molecule has 2 aromatic rings. The standard InChI is InChI=1S/C24H28O2/c1-18-15-21(12-11-19(2)25)13-14-24(18)26-17-23-10-6-9-22(23)16-20-7-4-3-5-8-20/h3-5,7-8,13-15H,6,9-12,16-17H2,1-2H3. The minimum Gasteiger partial charge on any atom is -0.489 e. The van der Waals surface area contributed by atoms with Crippen LogP contribution in [0.3, 0.4) is 0 Å². The average Bonchev–Trinajstić information content (AvgIpc) is 3.07. The van der Waals surface area contributed by atoms with Crippen LogP contribution in [0.2, 0.25) is 0 Å². The highest BCUT2D eigenvalue weighted by Crippen LogP contribution is 2.30. The average molecular weight is 348 g/mol. The molecule has 1 aliphatic carbocycles. The van der Waals surface area contributed by atoms with Crippen molar-refractivity contribution in [3.05, 3.63) is 76.4 Å². The van der Waals surface area contributed by atoms with Crippen molar-refractivity contribution in [2.24, 2.45) is 0 Å². The molecule has 3 rings (SSSR count). The molecule has 0 aromatic heterocycles. The van der Waals surface area contributed by atoms with Crippen LogP contribution < -0.4 is 4.74 Å². The lowest BCUT2D eigenvalue weighted by Crippen LogP contribution is -2.04. The van der Waals surface area contributed by atoms with E-state index in [1.54, 1.807) is 12.5 Å². The molecule has 2 aromatic carbocycles. The number of carbonyl (C=O) groups is 1. The number of ketones is 1. The molecule has 2 nitrogen and oxygen atoms in total. The van der Waals surface area contributed by atoms with Gasteiger partial charge in [-0.25, -0.2) is 0 Å². The zero-order chi connectivity index (χ0) is 18.4. The highest BCUT2D eigenvalue weighted by atomic mass is 16.5. The van der Waals surface area contributed by atoms with Gasteiger partial charge >= 0.3 is 0 Å². The van der Waals surface area contributed by atoms with Crippen molar-refractivity contribution in [2.45, 2.75) is 52.4 Å². The third kappa shape index (κ3) is 5.08. The number of rotatable bonds is 8. The van der Waals surface area contributed by atoms with Crippen molar-refractivity contribution in [1.82, 2.24) is 0 Å². The Kier molecular flexibility index (Phi) is 6.27. The molecule has 26 heavy (non-hydrogen) atoms. The molecule has 0 N–H and O–H groups in total. The first-order valence-corrected chi connectivity index (χ1v) is 9.57. The molecule has 1 aliphatic rings. The second-order valence-corrected chi connectivity index (χ2v) is 7.31. The third-order valence-corrected chi connectivity index (χ3v) is 5.12. The predicted octanol–water partition coefficient (Wildman–Crippen LogP) is 5.62. The number of hydrogen-bond donors (Lipinski definition) is 0. The highest BCUT2D eigenvalue weighted by Gasteiger charge is 2.16. The Morgan fingerprint density at radius 2 is 1.77 bits per heavy atom. The number of benzene rings is 2. The summed E-state index contributed by atoms with van der Waals surface area (Å²) in [4.78, 5) is 11.2. The van der Waals surface area contributed by atoms with Gasteiger partial charge in [0.15, 0.2) is 0 Å². The van der Waals surface area contributed by atoms with Crippen molar-refractivity contribution in [1.29, 1.82) is 0 Å². The Labute approximate surface area is 156 Å². The molecule has 0 unspecified atom stereocenters. The fourth-order valence-electron chi connectivity index (χ4n) is 3.61. The number of ether oxygens (including phenoxy) is 1. The number of carbonyl (C=O) groups excluding carboxylic acids is 1. The second-order valence-electron chi connectivity index (χ2n) is 7.31. The molecule has 0 heterocycles. The van der Waals surface area contributed by atoms with Crippen LogP contribution in [-0.2, 0) is 17.6 Å². The topological polar surface area (TPSA) is 26.3 Å². The maximum absolute atomic E-state index is 11.2. The summed E-state index contributed by atoms with van der Waals surface area (Å²) in [6.07, 6.45) is 6.04. The Morgan fingerprint density at radius 3 is 2.50 bits per heavy atom. The summed E-state index contributed by atoms with van der Waals surface area (Å²) in [6.45, 7) is 4.42. The number of hydrogen-bond acceptors (Lipinski definition) is 2. The monoisotopic (exact) mass is 348 g/mol. The highest BCUT2D eigenvalue weighted by molar-refractivity contribution is 5.75. The first kappa shape index (κ1) is 18.4. The molecular formula is C24H28O2. The molecule has 0 aliphatic heterocycles. The van der Waals surface area contributed by atoms with E-state index in [9.17, 15) is 4.79 Å². The molecule has 0 bridgehead atoms. The summed E-state index contributed by atoms with van der Waals surface area (Å²) >= 11 is 0. The van der Waals surface area contributed by atoms with Crippen LogP contribution >= 0.6 is 0 Å². The zero-order valence-electron chi connectivity index (χ0n) is 15.9. The normalized spacial score (nSPS) is 13.9. The SMILES string of the molecule is CC(=O)CCc1ccc(OCC2=C(Cc3ccccc3)CCC2)c(C)c1. The van der Waals surface area contributed by atoms with E-state index in [0.717, 1.165) is 30.6 Å². The van der Waals surface area contributed by atoms with Gasteiger partial charge < -0.3 is 9.53 Å². The van der Waals surface area contributed by atoms with Gasteiger partial charge in [0.05, 0.1) is 0 Å². The molecule has 136 valence electrons.